The third kappa shape index (κ3) is 5.34. The van der Waals surface area contributed by atoms with Crippen molar-refractivity contribution in [2.24, 2.45) is 0 Å². The lowest BCUT2D eigenvalue weighted by Crippen LogP contribution is -2.47. The minimum Gasteiger partial charge on any atom is -0.491 e. The van der Waals surface area contributed by atoms with Gasteiger partial charge in [-0.05, 0) is 54.6 Å². The van der Waals surface area contributed by atoms with Crippen molar-refractivity contribution in [3.05, 3.63) is 100 Å². The van der Waals surface area contributed by atoms with Crippen molar-refractivity contribution < 1.29 is 14.3 Å². The van der Waals surface area contributed by atoms with Crippen LogP contribution in [0.1, 0.15) is 32.4 Å². The van der Waals surface area contributed by atoms with E-state index < -0.39 is 0 Å². The van der Waals surface area contributed by atoms with Gasteiger partial charge >= 0.3 is 0 Å². The number of nitrogens with zero attached hydrogens (tertiary/aromatic N) is 2. The minimum atomic E-state index is -0.188. The molecule has 170 valence electrons. The molecule has 3 aromatic rings. The Morgan fingerprint density at radius 1 is 1.18 bits per heavy atom. The van der Waals surface area contributed by atoms with Crippen molar-refractivity contribution in [2.75, 3.05) is 26.2 Å². The van der Waals surface area contributed by atoms with E-state index in [0.29, 0.717) is 25.3 Å². The van der Waals surface area contributed by atoms with E-state index in [1.54, 1.807) is 28.4 Å². The highest BCUT2D eigenvalue weighted by Gasteiger charge is 2.33. The molecule has 1 aliphatic heterocycles. The molecule has 0 unspecified atom stereocenters. The number of para-hydroxylation sites is 1. The zero-order valence-electron chi connectivity index (χ0n) is 18.8. The van der Waals surface area contributed by atoms with Gasteiger partial charge in [0.2, 0.25) is 5.91 Å². The number of fused-ring (bicyclic) bond motifs is 1. The van der Waals surface area contributed by atoms with Gasteiger partial charge in [-0.15, -0.1) is 17.9 Å². The molecule has 0 N–H and O–H groups in total. The molecule has 2 amide bonds. The van der Waals surface area contributed by atoms with Crippen molar-refractivity contribution in [1.82, 2.24) is 9.80 Å². The number of thiophene rings is 1. The summed E-state index contributed by atoms with van der Waals surface area (Å²) in [5.74, 6) is 0.517. The molecule has 1 atom stereocenters. The van der Waals surface area contributed by atoms with Gasteiger partial charge in [0.25, 0.3) is 5.91 Å². The molecule has 1 aliphatic rings. The van der Waals surface area contributed by atoms with E-state index in [0.717, 1.165) is 23.3 Å². The molecule has 0 saturated heterocycles. The summed E-state index contributed by atoms with van der Waals surface area (Å²) in [6.45, 7) is 7.01. The van der Waals surface area contributed by atoms with Crippen LogP contribution in [0.5, 0.6) is 5.75 Å². The van der Waals surface area contributed by atoms with Crippen LogP contribution in [0.25, 0.3) is 0 Å². The third-order valence-electron chi connectivity index (χ3n) is 5.79. The summed E-state index contributed by atoms with van der Waals surface area (Å²) in [7, 11) is 0. The van der Waals surface area contributed by atoms with Crippen LogP contribution in [0.3, 0.4) is 0 Å². The van der Waals surface area contributed by atoms with E-state index >= 15 is 0 Å². The maximum atomic E-state index is 13.5. The number of carbonyl (C=O) groups excluding carboxylic acids is 2. The smallest absolute Gasteiger partial charge is 0.254 e. The summed E-state index contributed by atoms with van der Waals surface area (Å²) in [5, 5.41) is 2.07. The van der Waals surface area contributed by atoms with E-state index in [-0.39, 0.29) is 24.4 Å². The van der Waals surface area contributed by atoms with Crippen LogP contribution in [-0.2, 0) is 11.2 Å². The van der Waals surface area contributed by atoms with Gasteiger partial charge in [0.05, 0.1) is 6.04 Å². The molecule has 4 rings (SSSR count). The monoisotopic (exact) mass is 460 g/mol. The largest absolute Gasteiger partial charge is 0.491 e. The second kappa shape index (κ2) is 10.5. The lowest BCUT2D eigenvalue weighted by Gasteiger charge is -2.37. The SMILES string of the molecule is C=CCN(CC(=O)N1CCc2sccc2[C@@H]1COc1ccccc1)C(=O)c1cccc(C)c1. The number of aryl methyl sites for hydroxylation is 1. The summed E-state index contributed by atoms with van der Waals surface area (Å²) in [4.78, 5) is 31.3. The summed E-state index contributed by atoms with van der Waals surface area (Å²) >= 11 is 1.72. The Morgan fingerprint density at radius 2 is 2.00 bits per heavy atom. The standard InChI is InChI=1S/C27H28N2O3S/c1-3-14-28(27(31)21-9-7-8-20(2)17-21)18-26(30)29-15-12-25-23(13-16-33-25)24(29)19-32-22-10-5-4-6-11-22/h3-11,13,16-17,24H,1,12,14-15,18-19H2,2H3/t24-/m0/s1. The lowest BCUT2D eigenvalue weighted by atomic mass is 10.0. The zero-order chi connectivity index (χ0) is 23.2. The molecular formula is C27H28N2O3S. The quantitative estimate of drug-likeness (QED) is 0.450. The first-order valence-corrected chi connectivity index (χ1v) is 11.9. The van der Waals surface area contributed by atoms with E-state index in [9.17, 15) is 9.59 Å². The van der Waals surface area contributed by atoms with Gasteiger partial charge in [-0.1, -0.05) is 42.0 Å². The molecule has 0 spiro atoms. The number of amides is 2. The summed E-state index contributed by atoms with van der Waals surface area (Å²) < 4.78 is 6.05. The fourth-order valence-electron chi connectivity index (χ4n) is 4.16. The van der Waals surface area contributed by atoms with Gasteiger partial charge in [0.1, 0.15) is 18.9 Å². The van der Waals surface area contributed by atoms with Crippen molar-refractivity contribution >= 4 is 23.2 Å². The van der Waals surface area contributed by atoms with Crippen LogP contribution in [0.4, 0.5) is 0 Å². The topological polar surface area (TPSA) is 49.9 Å². The fraction of sp³-hybridized carbons (Fsp3) is 0.259. The maximum Gasteiger partial charge on any atom is 0.254 e. The molecule has 0 fully saturated rings. The maximum absolute atomic E-state index is 13.5. The van der Waals surface area contributed by atoms with Crippen molar-refractivity contribution in [2.45, 2.75) is 19.4 Å². The van der Waals surface area contributed by atoms with Crippen LogP contribution in [0.15, 0.2) is 78.7 Å². The minimum absolute atomic E-state index is 0.000102. The summed E-state index contributed by atoms with van der Waals surface area (Å²) in [6, 6.07) is 19.0. The average molecular weight is 461 g/mol. The number of carbonyl (C=O) groups is 2. The second-order valence-electron chi connectivity index (χ2n) is 8.12. The molecule has 0 radical (unpaired) electrons. The number of rotatable bonds is 8. The van der Waals surface area contributed by atoms with E-state index in [1.165, 1.54) is 4.88 Å². The highest BCUT2D eigenvalue weighted by molar-refractivity contribution is 7.10. The molecule has 0 bridgehead atoms. The van der Waals surface area contributed by atoms with Gasteiger partial charge in [-0.25, -0.2) is 0 Å². The van der Waals surface area contributed by atoms with E-state index in [1.807, 2.05) is 60.4 Å². The van der Waals surface area contributed by atoms with Crippen molar-refractivity contribution in [3.8, 4) is 5.75 Å². The Hall–Kier alpha value is -3.38. The summed E-state index contributed by atoms with van der Waals surface area (Å²) in [6.07, 6.45) is 2.47. The Kier molecular flexibility index (Phi) is 7.25. The number of hydrogen-bond donors (Lipinski definition) is 0. The van der Waals surface area contributed by atoms with Gasteiger partial charge in [-0.3, -0.25) is 9.59 Å². The van der Waals surface area contributed by atoms with Crippen LogP contribution in [0.2, 0.25) is 0 Å². The lowest BCUT2D eigenvalue weighted by molar-refractivity contribution is -0.135. The molecule has 2 aromatic carbocycles. The van der Waals surface area contributed by atoms with Crippen LogP contribution < -0.4 is 4.74 Å². The highest BCUT2D eigenvalue weighted by atomic mass is 32.1. The normalized spacial score (nSPS) is 14.9. The van der Waals surface area contributed by atoms with E-state index in [4.69, 9.17) is 4.74 Å². The van der Waals surface area contributed by atoms with Crippen LogP contribution in [0, 0.1) is 6.92 Å². The zero-order valence-corrected chi connectivity index (χ0v) is 19.6. The predicted molar refractivity (Wildman–Crippen MR) is 132 cm³/mol. The van der Waals surface area contributed by atoms with Crippen molar-refractivity contribution in [3.63, 3.8) is 0 Å². The Labute approximate surface area is 198 Å². The molecule has 6 heteroatoms. The Morgan fingerprint density at radius 3 is 2.76 bits per heavy atom. The first kappa shape index (κ1) is 22.8. The van der Waals surface area contributed by atoms with Gasteiger partial charge < -0.3 is 14.5 Å². The molecule has 1 aromatic heterocycles. The van der Waals surface area contributed by atoms with E-state index in [2.05, 4.69) is 18.0 Å². The van der Waals surface area contributed by atoms with Gasteiger partial charge in [0, 0.05) is 23.5 Å². The molecular weight excluding hydrogens is 432 g/mol. The van der Waals surface area contributed by atoms with Gasteiger partial charge in [0.15, 0.2) is 0 Å². The molecule has 0 aliphatic carbocycles. The number of benzene rings is 2. The van der Waals surface area contributed by atoms with Crippen LogP contribution >= 0.6 is 11.3 Å². The Bertz CT molecular complexity index is 1130. The third-order valence-corrected chi connectivity index (χ3v) is 6.79. The first-order valence-electron chi connectivity index (χ1n) is 11.1. The first-order chi connectivity index (χ1) is 16.1. The molecule has 0 saturated carbocycles. The highest BCUT2D eigenvalue weighted by Crippen LogP contribution is 2.34. The second-order valence-corrected chi connectivity index (χ2v) is 9.12. The fourth-order valence-corrected chi connectivity index (χ4v) is 5.08. The van der Waals surface area contributed by atoms with Crippen molar-refractivity contribution in [1.29, 1.82) is 0 Å². The van der Waals surface area contributed by atoms with Crippen LogP contribution in [-0.4, -0.2) is 47.9 Å². The summed E-state index contributed by atoms with van der Waals surface area (Å²) in [5.41, 5.74) is 2.72. The Balaban J connectivity index is 1.52. The molecule has 5 nitrogen and oxygen atoms in total. The number of hydrogen-bond acceptors (Lipinski definition) is 4. The predicted octanol–water partition coefficient (Wildman–Crippen LogP) is 4.89. The number of ether oxygens (including phenoxy) is 1. The molecule has 33 heavy (non-hydrogen) atoms. The molecule has 2 heterocycles. The average Bonchev–Trinajstić information content (AvgIpc) is 3.31. The van der Waals surface area contributed by atoms with Gasteiger partial charge in [-0.2, -0.15) is 0 Å².